The van der Waals surface area contributed by atoms with Gasteiger partial charge in [0.1, 0.15) is 0 Å². The van der Waals surface area contributed by atoms with Crippen molar-refractivity contribution in [3.63, 3.8) is 0 Å². The molecule has 0 bridgehead atoms. The van der Waals surface area contributed by atoms with E-state index in [0.29, 0.717) is 15.6 Å². The molecule has 0 aromatic heterocycles. The second-order valence-electron chi connectivity index (χ2n) is 4.85. The van der Waals surface area contributed by atoms with Gasteiger partial charge < -0.3 is 4.74 Å². The molecular weight excluding hydrogens is 321 g/mol. The van der Waals surface area contributed by atoms with E-state index in [-0.39, 0.29) is 11.6 Å². The van der Waals surface area contributed by atoms with E-state index in [1.807, 2.05) is 31.2 Å². The fraction of sp³-hybridized carbons (Fsp3) is 0.0588. The Balaban J connectivity index is 2.00. The molecule has 3 nitrogen and oxygen atoms in total. The summed E-state index contributed by atoms with van der Waals surface area (Å²) in [7, 11) is 0. The molecule has 0 spiro atoms. The van der Waals surface area contributed by atoms with Crippen molar-refractivity contribution < 1.29 is 9.53 Å². The van der Waals surface area contributed by atoms with Gasteiger partial charge in [0.25, 0.3) is 0 Å². The van der Waals surface area contributed by atoms with Crippen molar-refractivity contribution in [3.05, 3.63) is 74.9 Å². The zero-order chi connectivity index (χ0) is 15.7. The number of halogens is 2. The second-order valence-corrected chi connectivity index (χ2v) is 5.63. The molecule has 0 fully saturated rings. The molecule has 2 aromatic rings. The first-order valence-corrected chi connectivity index (χ1v) is 7.34. The van der Waals surface area contributed by atoms with E-state index in [1.165, 1.54) is 0 Å². The Morgan fingerprint density at radius 1 is 1.14 bits per heavy atom. The van der Waals surface area contributed by atoms with Crippen LogP contribution in [0.15, 0.2) is 53.2 Å². The number of carbonyl (C=O) groups is 1. The predicted octanol–water partition coefficient (Wildman–Crippen LogP) is 4.65. The number of esters is 1. The smallest absolute Gasteiger partial charge is 0.363 e. The van der Waals surface area contributed by atoms with Gasteiger partial charge in [0.15, 0.2) is 5.70 Å². The number of hydrogen-bond acceptors (Lipinski definition) is 3. The van der Waals surface area contributed by atoms with E-state index < -0.39 is 5.97 Å². The zero-order valence-corrected chi connectivity index (χ0v) is 13.2. The molecule has 1 aliphatic rings. The van der Waals surface area contributed by atoms with Gasteiger partial charge in [-0.25, -0.2) is 9.79 Å². The highest BCUT2D eigenvalue weighted by Crippen LogP contribution is 2.28. The summed E-state index contributed by atoms with van der Waals surface area (Å²) in [5, 5.41) is 0.800. The molecule has 3 rings (SSSR count). The molecule has 0 aliphatic carbocycles. The number of rotatable bonds is 2. The fourth-order valence-corrected chi connectivity index (χ4v) is 2.45. The Morgan fingerprint density at radius 2 is 1.91 bits per heavy atom. The molecule has 5 heteroatoms. The Bertz CT molecular complexity index is 825. The van der Waals surface area contributed by atoms with Gasteiger partial charge in [0.05, 0.1) is 10.0 Å². The SMILES string of the molecule is Cc1cccc(C2=N/C(=C\c3cccc(Cl)c3Cl)C(=O)O2)c1. The lowest BCUT2D eigenvalue weighted by Crippen LogP contribution is -2.05. The molecule has 0 N–H and O–H groups in total. The van der Waals surface area contributed by atoms with E-state index in [0.717, 1.165) is 11.1 Å². The van der Waals surface area contributed by atoms with Crippen LogP contribution in [0, 0.1) is 6.92 Å². The monoisotopic (exact) mass is 331 g/mol. The number of nitrogens with zero attached hydrogens (tertiary/aromatic N) is 1. The first-order valence-electron chi connectivity index (χ1n) is 6.58. The van der Waals surface area contributed by atoms with Crippen molar-refractivity contribution in [3.8, 4) is 0 Å². The quantitative estimate of drug-likeness (QED) is 0.593. The lowest BCUT2D eigenvalue weighted by molar-refractivity contribution is -0.129. The number of aliphatic imine (C=N–C) groups is 1. The van der Waals surface area contributed by atoms with Gasteiger partial charge in [0, 0.05) is 5.56 Å². The van der Waals surface area contributed by atoms with Crippen LogP contribution >= 0.6 is 23.2 Å². The third-order valence-electron chi connectivity index (χ3n) is 3.16. The Kier molecular flexibility index (Phi) is 4.01. The molecule has 0 amide bonds. The van der Waals surface area contributed by atoms with Crippen molar-refractivity contribution in [2.45, 2.75) is 6.92 Å². The second kappa shape index (κ2) is 5.95. The summed E-state index contributed by atoms with van der Waals surface area (Å²) < 4.78 is 5.22. The van der Waals surface area contributed by atoms with E-state index in [9.17, 15) is 4.79 Å². The van der Waals surface area contributed by atoms with E-state index in [1.54, 1.807) is 24.3 Å². The van der Waals surface area contributed by atoms with Gasteiger partial charge in [-0.2, -0.15) is 0 Å². The Hall–Kier alpha value is -2.10. The molecule has 0 unspecified atom stereocenters. The largest absolute Gasteiger partial charge is 0.402 e. The highest BCUT2D eigenvalue weighted by atomic mass is 35.5. The maximum Gasteiger partial charge on any atom is 0.363 e. The van der Waals surface area contributed by atoms with Crippen LogP contribution in [0.2, 0.25) is 10.0 Å². The number of benzene rings is 2. The fourth-order valence-electron chi connectivity index (χ4n) is 2.09. The number of hydrogen-bond donors (Lipinski definition) is 0. The summed E-state index contributed by atoms with van der Waals surface area (Å²) in [6.07, 6.45) is 1.57. The minimum Gasteiger partial charge on any atom is -0.402 e. The predicted molar refractivity (Wildman–Crippen MR) is 88.2 cm³/mol. The van der Waals surface area contributed by atoms with Crippen molar-refractivity contribution in [1.82, 2.24) is 0 Å². The van der Waals surface area contributed by atoms with Crippen LogP contribution in [-0.4, -0.2) is 11.9 Å². The average molecular weight is 332 g/mol. The highest BCUT2D eigenvalue weighted by Gasteiger charge is 2.24. The van der Waals surface area contributed by atoms with Gasteiger partial charge in [0.2, 0.25) is 5.90 Å². The summed E-state index contributed by atoms with van der Waals surface area (Å²) in [6.45, 7) is 1.96. The van der Waals surface area contributed by atoms with Crippen LogP contribution in [0.25, 0.3) is 6.08 Å². The zero-order valence-electron chi connectivity index (χ0n) is 11.6. The Labute approximate surface area is 137 Å². The van der Waals surface area contributed by atoms with Crippen LogP contribution in [0.4, 0.5) is 0 Å². The summed E-state index contributed by atoms with van der Waals surface area (Å²) >= 11 is 12.1. The third kappa shape index (κ3) is 2.91. The van der Waals surface area contributed by atoms with E-state index >= 15 is 0 Å². The van der Waals surface area contributed by atoms with E-state index in [4.69, 9.17) is 27.9 Å². The van der Waals surface area contributed by atoms with Gasteiger partial charge in [-0.05, 0) is 36.8 Å². The minimum atomic E-state index is -0.507. The first kappa shape index (κ1) is 14.8. The van der Waals surface area contributed by atoms with Crippen molar-refractivity contribution in [2.24, 2.45) is 4.99 Å². The Morgan fingerprint density at radius 3 is 2.68 bits per heavy atom. The maximum absolute atomic E-state index is 12.0. The van der Waals surface area contributed by atoms with Crippen molar-refractivity contribution in [1.29, 1.82) is 0 Å². The van der Waals surface area contributed by atoms with Gasteiger partial charge in [-0.1, -0.05) is 53.0 Å². The van der Waals surface area contributed by atoms with Crippen LogP contribution in [-0.2, 0) is 9.53 Å². The topological polar surface area (TPSA) is 38.7 Å². The minimum absolute atomic E-state index is 0.195. The van der Waals surface area contributed by atoms with Crippen LogP contribution in [0.3, 0.4) is 0 Å². The molecule has 110 valence electrons. The normalized spacial score (nSPS) is 15.9. The van der Waals surface area contributed by atoms with Gasteiger partial charge in [-0.15, -0.1) is 0 Å². The lowest BCUT2D eigenvalue weighted by atomic mass is 10.1. The summed E-state index contributed by atoms with van der Waals surface area (Å²) in [6, 6.07) is 12.8. The molecule has 0 saturated heterocycles. The number of carbonyl (C=O) groups excluding carboxylic acids is 1. The molecule has 0 radical (unpaired) electrons. The van der Waals surface area contributed by atoms with Crippen LogP contribution < -0.4 is 0 Å². The lowest BCUT2D eigenvalue weighted by Gasteiger charge is -2.00. The summed E-state index contributed by atoms with van der Waals surface area (Å²) in [5.74, 6) is -0.217. The maximum atomic E-state index is 12.0. The summed E-state index contributed by atoms with van der Waals surface area (Å²) in [5.41, 5.74) is 2.64. The molecule has 0 saturated carbocycles. The molecule has 1 aliphatic heterocycles. The average Bonchev–Trinajstić information content (AvgIpc) is 2.85. The van der Waals surface area contributed by atoms with E-state index in [2.05, 4.69) is 4.99 Å². The summed E-state index contributed by atoms with van der Waals surface area (Å²) in [4.78, 5) is 16.2. The standard InChI is InChI=1S/C17H11Cl2NO2/c1-10-4-2-6-12(8-10)16-20-14(17(21)22-16)9-11-5-3-7-13(18)15(11)19/h2-9H,1H3/b14-9-. The third-order valence-corrected chi connectivity index (χ3v) is 3.99. The van der Waals surface area contributed by atoms with Crippen molar-refractivity contribution in [2.75, 3.05) is 0 Å². The van der Waals surface area contributed by atoms with Gasteiger partial charge in [-0.3, -0.25) is 0 Å². The van der Waals surface area contributed by atoms with Crippen LogP contribution in [0.1, 0.15) is 16.7 Å². The van der Waals surface area contributed by atoms with Gasteiger partial charge >= 0.3 is 5.97 Å². The molecular formula is C17H11Cl2NO2. The molecule has 0 atom stereocenters. The first-order chi connectivity index (χ1) is 10.5. The molecule has 1 heterocycles. The number of aryl methyl sites for hydroxylation is 1. The molecule has 2 aromatic carbocycles. The van der Waals surface area contributed by atoms with Crippen LogP contribution in [0.5, 0.6) is 0 Å². The highest BCUT2D eigenvalue weighted by molar-refractivity contribution is 6.43. The molecule has 22 heavy (non-hydrogen) atoms. The number of cyclic esters (lactones) is 1. The van der Waals surface area contributed by atoms with Crippen molar-refractivity contribution >= 4 is 41.1 Å². The number of ether oxygens (including phenoxy) is 1.